The van der Waals surface area contributed by atoms with E-state index in [0.717, 1.165) is 6.26 Å². The summed E-state index contributed by atoms with van der Waals surface area (Å²) in [5, 5.41) is 5.97. The molecule has 0 fully saturated rings. The van der Waals surface area contributed by atoms with E-state index in [2.05, 4.69) is 15.2 Å². The Balaban J connectivity index is 2.81. The van der Waals surface area contributed by atoms with Crippen LogP contribution in [0.2, 0.25) is 0 Å². The summed E-state index contributed by atoms with van der Waals surface area (Å²) < 4.78 is 21.7. The Morgan fingerprint density at radius 2 is 2.23 bits per heavy atom. The number of nitrogens with zero attached hydrogens (tertiary/aromatic N) is 2. The van der Waals surface area contributed by atoms with Crippen LogP contribution in [0.3, 0.4) is 0 Å². The van der Waals surface area contributed by atoms with Gasteiger partial charge in [0.25, 0.3) is 0 Å². The van der Waals surface area contributed by atoms with E-state index in [1.54, 1.807) is 6.92 Å². The molecule has 1 aromatic rings. The average molecular weight is 224 g/mol. The smallest absolute Gasteiger partial charge is 0.168 e. The van der Waals surface area contributed by atoms with Gasteiger partial charge in [0.15, 0.2) is 15.7 Å². The molecule has 0 amide bonds. The fourth-order valence-electron chi connectivity index (χ4n) is 0.801. The summed E-state index contributed by atoms with van der Waals surface area (Å²) in [6.45, 7) is 1.72. The van der Waals surface area contributed by atoms with Crippen LogP contribution >= 0.6 is 11.6 Å². The minimum absolute atomic E-state index is 0.135. The monoisotopic (exact) mass is 223 g/mol. The summed E-state index contributed by atoms with van der Waals surface area (Å²) in [6.07, 6.45) is 1.14. The molecule has 0 saturated heterocycles. The molecule has 0 aliphatic rings. The number of aromatic nitrogens is 3. The molecule has 0 aliphatic carbocycles. The molecule has 1 atom stereocenters. The Bertz CT molecular complexity index is 384. The van der Waals surface area contributed by atoms with Crippen LogP contribution in [0.4, 0.5) is 0 Å². The maximum absolute atomic E-state index is 10.9. The van der Waals surface area contributed by atoms with E-state index in [4.69, 9.17) is 11.6 Å². The van der Waals surface area contributed by atoms with Gasteiger partial charge in [0.2, 0.25) is 0 Å². The predicted octanol–water partition coefficient (Wildman–Crippen LogP) is 0.649. The van der Waals surface area contributed by atoms with Gasteiger partial charge < -0.3 is 0 Å². The van der Waals surface area contributed by atoms with Crippen LogP contribution in [0.1, 0.15) is 23.9 Å². The molecule has 1 rings (SSSR count). The van der Waals surface area contributed by atoms with E-state index in [1.807, 2.05) is 0 Å². The van der Waals surface area contributed by atoms with Gasteiger partial charge in [-0.1, -0.05) is 0 Å². The second kappa shape index (κ2) is 3.63. The van der Waals surface area contributed by atoms with Crippen molar-refractivity contribution in [2.24, 2.45) is 0 Å². The molecule has 13 heavy (non-hydrogen) atoms. The summed E-state index contributed by atoms with van der Waals surface area (Å²) in [7, 11) is -3.07. The first-order valence-corrected chi connectivity index (χ1v) is 6.11. The van der Waals surface area contributed by atoms with Crippen LogP contribution < -0.4 is 0 Å². The van der Waals surface area contributed by atoms with E-state index >= 15 is 0 Å². The number of rotatable bonds is 3. The highest BCUT2D eigenvalue weighted by molar-refractivity contribution is 7.89. The van der Waals surface area contributed by atoms with Crippen LogP contribution in [-0.4, -0.2) is 29.9 Å². The standard InChI is InChI=1S/C6H10ClN3O2S/c1-4(7)6-8-5(9-10-6)3-13(2,11)12/h4H,3H2,1-2H3,(H,8,9,10). The van der Waals surface area contributed by atoms with E-state index in [-0.39, 0.29) is 11.1 Å². The molecule has 0 spiro atoms. The van der Waals surface area contributed by atoms with Gasteiger partial charge in [0.1, 0.15) is 11.6 Å². The van der Waals surface area contributed by atoms with Gasteiger partial charge in [-0.25, -0.2) is 13.4 Å². The molecule has 74 valence electrons. The fraction of sp³-hybridized carbons (Fsp3) is 0.667. The number of hydrogen-bond acceptors (Lipinski definition) is 4. The average Bonchev–Trinajstić information content (AvgIpc) is 2.31. The van der Waals surface area contributed by atoms with Gasteiger partial charge in [-0.2, -0.15) is 5.10 Å². The van der Waals surface area contributed by atoms with Crippen molar-refractivity contribution in [1.29, 1.82) is 0 Å². The molecule has 1 aromatic heterocycles. The zero-order valence-electron chi connectivity index (χ0n) is 7.28. The third kappa shape index (κ3) is 3.31. The summed E-state index contributed by atoms with van der Waals surface area (Å²) in [5.41, 5.74) is 0. The number of alkyl halides is 1. The highest BCUT2D eigenvalue weighted by atomic mass is 35.5. The van der Waals surface area contributed by atoms with Crippen molar-refractivity contribution < 1.29 is 8.42 Å². The van der Waals surface area contributed by atoms with Crippen LogP contribution in [0.15, 0.2) is 0 Å². The molecule has 1 unspecified atom stereocenters. The topological polar surface area (TPSA) is 75.7 Å². The van der Waals surface area contributed by atoms with Crippen molar-refractivity contribution in [1.82, 2.24) is 15.2 Å². The van der Waals surface area contributed by atoms with Gasteiger partial charge >= 0.3 is 0 Å². The van der Waals surface area contributed by atoms with E-state index < -0.39 is 9.84 Å². The maximum Gasteiger partial charge on any atom is 0.168 e. The van der Waals surface area contributed by atoms with E-state index in [9.17, 15) is 8.42 Å². The Kier molecular flexibility index (Phi) is 2.92. The normalized spacial score (nSPS) is 14.4. The van der Waals surface area contributed by atoms with E-state index in [1.165, 1.54) is 0 Å². The third-order valence-corrected chi connectivity index (χ3v) is 2.30. The van der Waals surface area contributed by atoms with Gasteiger partial charge in [-0.3, -0.25) is 5.10 Å². The molecule has 0 radical (unpaired) electrons. The molecular weight excluding hydrogens is 214 g/mol. The molecule has 5 nitrogen and oxygen atoms in total. The van der Waals surface area contributed by atoms with Crippen LogP contribution in [0, 0.1) is 0 Å². The van der Waals surface area contributed by atoms with Gasteiger partial charge in [0.05, 0.1) is 5.38 Å². The molecule has 0 aliphatic heterocycles. The zero-order valence-corrected chi connectivity index (χ0v) is 8.85. The first-order chi connectivity index (χ1) is 5.88. The fourth-order valence-corrected chi connectivity index (χ4v) is 1.52. The predicted molar refractivity (Wildman–Crippen MR) is 49.2 cm³/mol. The zero-order chi connectivity index (χ0) is 10.1. The largest absolute Gasteiger partial charge is 0.262 e. The van der Waals surface area contributed by atoms with Crippen molar-refractivity contribution in [2.75, 3.05) is 6.26 Å². The number of sulfone groups is 1. The summed E-state index contributed by atoms with van der Waals surface area (Å²) in [5.74, 6) is 0.606. The lowest BCUT2D eigenvalue weighted by atomic mass is 10.5. The molecule has 0 aromatic carbocycles. The number of H-pyrrole nitrogens is 1. The second-order valence-electron chi connectivity index (χ2n) is 2.83. The maximum atomic E-state index is 10.9. The van der Waals surface area contributed by atoms with Crippen molar-refractivity contribution >= 4 is 21.4 Å². The van der Waals surface area contributed by atoms with Crippen LogP contribution in [0.5, 0.6) is 0 Å². The summed E-state index contributed by atoms with van der Waals surface area (Å²) in [4.78, 5) is 3.92. The number of hydrogen-bond donors (Lipinski definition) is 1. The van der Waals surface area contributed by atoms with Crippen molar-refractivity contribution in [3.05, 3.63) is 11.6 Å². The molecule has 0 saturated carbocycles. The van der Waals surface area contributed by atoms with Gasteiger partial charge in [-0.15, -0.1) is 11.6 Å². The van der Waals surface area contributed by atoms with Gasteiger partial charge in [0, 0.05) is 6.26 Å². The van der Waals surface area contributed by atoms with E-state index in [0.29, 0.717) is 11.6 Å². The Morgan fingerprint density at radius 1 is 1.62 bits per heavy atom. The Hall–Kier alpha value is -0.620. The summed E-state index contributed by atoms with van der Waals surface area (Å²) in [6, 6.07) is 0. The highest BCUT2D eigenvalue weighted by Crippen LogP contribution is 2.14. The molecule has 1 N–H and O–H groups in total. The first kappa shape index (κ1) is 10.5. The number of aromatic amines is 1. The van der Waals surface area contributed by atoms with Crippen molar-refractivity contribution in [3.8, 4) is 0 Å². The second-order valence-corrected chi connectivity index (χ2v) is 5.62. The van der Waals surface area contributed by atoms with Crippen molar-refractivity contribution in [2.45, 2.75) is 18.1 Å². The Morgan fingerprint density at radius 3 is 2.62 bits per heavy atom. The van der Waals surface area contributed by atoms with Crippen LogP contribution in [-0.2, 0) is 15.6 Å². The van der Waals surface area contributed by atoms with Crippen molar-refractivity contribution in [3.63, 3.8) is 0 Å². The minimum atomic E-state index is -3.07. The molecule has 0 bridgehead atoms. The number of nitrogens with one attached hydrogen (secondary N) is 1. The third-order valence-electron chi connectivity index (χ3n) is 1.30. The first-order valence-electron chi connectivity index (χ1n) is 3.61. The molecular formula is C6H10ClN3O2S. The SMILES string of the molecule is CC(Cl)c1n[nH]c(CS(C)(=O)=O)n1. The summed E-state index contributed by atoms with van der Waals surface area (Å²) >= 11 is 5.69. The van der Waals surface area contributed by atoms with Crippen LogP contribution in [0.25, 0.3) is 0 Å². The lowest BCUT2D eigenvalue weighted by Crippen LogP contribution is -2.02. The minimum Gasteiger partial charge on any atom is -0.262 e. The Labute approximate surface area is 81.4 Å². The highest BCUT2D eigenvalue weighted by Gasteiger charge is 2.12. The quantitative estimate of drug-likeness (QED) is 0.764. The molecule has 1 heterocycles. The lowest BCUT2D eigenvalue weighted by molar-refractivity contribution is 0.599. The number of halogens is 1. The molecule has 7 heteroatoms. The lowest BCUT2D eigenvalue weighted by Gasteiger charge is -1.92. The van der Waals surface area contributed by atoms with Gasteiger partial charge in [-0.05, 0) is 6.92 Å².